The summed E-state index contributed by atoms with van der Waals surface area (Å²) in [6.45, 7) is 1.83. The number of amides is 1. The first-order valence-electron chi connectivity index (χ1n) is 8.67. The van der Waals surface area contributed by atoms with Crippen LogP contribution >= 0.6 is 12.4 Å². The molecule has 1 saturated heterocycles. The normalized spacial score (nSPS) is 17.7. The number of para-hydroxylation sites is 1. The van der Waals surface area contributed by atoms with E-state index in [1.165, 1.54) is 6.07 Å². The van der Waals surface area contributed by atoms with Crippen LogP contribution in [0.2, 0.25) is 0 Å². The van der Waals surface area contributed by atoms with E-state index in [9.17, 15) is 9.18 Å². The number of hydrogen-bond acceptors (Lipinski definition) is 3. The van der Waals surface area contributed by atoms with Crippen molar-refractivity contribution in [3.63, 3.8) is 0 Å². The van der Waals surface area contributed by atoms with Crippen molar-refractivity contribution in [1.29, 1.82) is 0 Å². The van der Waals surface area contributed by atoms with Gasteiger partial charge in [-0.3, -0.25) is 4.79 Å². The second-order valence-electron chi connectivity index (χ2n) is 6.26. The minimum Gasteiger partial charge on any atom is -0.488 e. The molecular weight excluding hydrogens is 355 g/mol. The average Bonchev–Trinajstić information content (AvgIpc) is 2.67. The van der Waals surface area contributed by atoms with Crippen LogP contribution < -0.4 is 15.4 Å². The summed E-state index contributed by atoms with van der Waals surface area (Å²) in [5, 5.41) is 6.32. The van der Waals surface area contributed by atoms with Crippen molar-refractivity contribution in [3.05, 3.63) is 66.0 Å². The third-order valence-electron chi connectivity index (χ3n) is 4.43. The molecule has 0 radical (unpaired) electrons. The molecule has 0 bridgehead atoms. The Labute approximate surface area is 159 Å². The van der Waals surface area contributed by atoms with Gasteiger partial charge in [-0.15, -0.1) is 12.4 Å². The molecule has 0 spiro atoms. The smallest absolute Gasteiger partial charge is 0.224 e. The van der Waals surface area contributed by atoms with Crippen molar-refractivity contribution < 1.29 is 13.9 Å². The molecule has 0 saturated carbocycles. The lowest BCUT2D eigenvalue weighted by Gasteiger charge is -2.26. The molecule has 2 unspecified atom stereocenters. The van der Waals surface area contributed by atoms with E-state index in [4.69, 9.17) is 4.74 Å². The maximum Gasteiger partial charge on any atom is 0.224 e. The Kier molecular flexibility index (Phi) is 7.88. The van der Waals surface area contributed by atoms with Crippen molar-refractivity contribution in [2.75, 3.05) is 19.7 Å². The van der Waals surface area contributed by atoms with Gasteiger partial charge in [0.1, 0.15) is 6.61 Å². The van der Waals surface area contributed by atoms with Gasteiger partial charge in [-0.1, -0.05) is 42.5 Å². The molecule has 1 fully saturated rings. The highest BCUT2D eigenvalue weighted by Gasteiger charge is 2.24. The third kappa shape index (κ3) is 5.44. The molecule has 1 aliphatic rings. The first-order valence-corrected chi connectivity index (χ1v) is 8.67. The molecule has 1 amide bonds. The molecule has 2 atom stereocenters. The first-order chi connectivity index (χ1) is 12.2. The van der Waals surface area contributed by atoms with Gasteiger partial charge < -0.3 is 15.4 Å². The van der Waals surface area contributed by atoms with E-state index in [-0.39, 0.29) is 42.6 Å². The van der Waals surface area contributed by atoms with E-state index in [0.29, 0.717) is 6.54 Å². The zero-order valence-corrected chi connectivity index (χ0v) is 15.3. The molecule has 1 aliphatic heterocycles. The number of hydrogen-bond donors (Lipinski definition) is 2. The third-order valence-corrected chi connectivity index (χ3v) is 4.43. The predicted octanol–water partition coefficient (Wildman–Crippen LogP) is 3.48. The molecule has 2 aromatic carbocycles. The largest absolute Gasteiger partial charge is 0.488 e. The zero-order chi connectivity index (χ0) is 17.5. The molecular formula is C20H24ClFN2O2. The highest BCUT2D eigenvalue weighted by Crippen LogP contribution is 2.20. The van der Waals surface area contributed by atoms with Gasteiger partial charge in [0.2, 0.25) is 5.91 Å². The summed E-state index contributed by atoms with van der Waals surface area (Å²) in [6.07, 6.45) is 1.88. The van der Waals surface area contributed by atoms with Gasteiger partial charge in [0.05, 0.1) is 12.0 Å². The van der Waals surface area contributed by atoms with Gasteiger partial charge in [0.15, 0.2) is 11.6 Å². The molecule has 2 N–H and O–H groups in total. The summed E-state index contributed by atoms with van der Waals surface area (Å²) < 4.78 is 19.4. The summed E-state index contributed by atoms with van der Waals surface area (Å²) >= 11 is 0. The molecule has 0 aliphatic carbocycles. The van der Waals surface area contributed by atoms with Crippen LogP contribution in [0.15, 0.2) is 54.6 Å². The molecule has 3 rings (SSSR count). The van der Waals surface area contributed by atoms with Crippen molar-refractivity contribution >= 4 is 18.3 Å². The van der Waals surface area contributed by atoms with Gasteiger partial charge in [0, 0.05) is 6.54 Å². The van der Waals surface area contributed by atoms with Crippen LogP contribution in [0.3, 0.4) is 0 Å². The molecule has 26 heavy (non-hydrogen) atoms. The topological polar surface area (TPSA) is 50.4 Å². The fraction of sp³-hybridized carbons (Fsp3) is 0.350. The van der Waals surface area contributed by atoms with E-state index < -0.39 is 5.82 Å². The Hall–Kier alpha value is -2.11. The van der Waals surface area contributed by atoms with E-state index in [2.05, 4.69) is 10.6 Å². The van der Waals surface area contributed by atoms with Crippen molar-refractivity contribution in [1.82, 2.24) is 10.6 Å². The Morgan fingerprint density at radius 1 is 1.19 bits per heavy atom. The number of carbonyl (C=O) groups is 1. The van der Waals surface area contributed by atoms with Crippen LogP contribution in [0.25, 0.3) is 0 Å². The lowest BCUT2D eigenvalue weighted by atomic mass is 9.97. The van der Waals surface area contributed by atoms with E-state index >= 15 is 0 Å². The van der Waals surface area contributed by atoms with Crippen LogP contribution in [0.4, 0.5) is 4.39 Å². The van der Waals surface area contributed by atoms with E-state index in [0.717, 1.165) is 24.9 Å². The summed E-state index contributed by atoms with van der Waals surface area (Å²) in [5.74, 6) is -0.235. The molecule has 2 aromatic rings. The van der Waals surface area contributed by atoms with Gasteiger partial charge in [0.25, 0.3) is 0 Å². The molecule has 1 heterocycles. The maximum atomic E-state index is 13.8. The minimum absolute atomic E-state index is 0. The van der Waals surface area contributed by atoms with Crippen LogP contribution in [0, 0.1) is 11.7 Å². The SMILES string of the molecule is Cl.O=C(NC(COc1ccccc1F)c1ccccc1)C1CCCNC1. The van der Waals surface area contributed by atoms with Crippen LogP contribution in [0.5, 0.6) is 5.75 Å². The zero-order valence-electron chi connectivity index (χ0n) is 14.5. The second-order valence-corrected chi connectivity index (χ2v) is 6.26. The number of benzene rings is 2. The van der Waals surface area contributed by atoms with Crippen molar-refractivity contribution in [3.8, 4) is 5.75 Å². The monoisotopic (exact) mass is 378 g/mol. The Balaban J connectivity index is 0.00000243. The van der Waals surface area contributed by atoms with Crippen LogP contribution in [0.1, 0.15) is 24.4 Å². The maximum absolute atomic E-state index is 13.8. The van der Waals surface area contributed by atoms with E-state index in [1.54, 1.807) is 18.2 Å². The fourth-order valence-corrected chi connectivity index (χ4v) is 3.01. The van der Waals surface area contributed by atoms with Crippen molar-refractivity contribution in [2.45, 2.75) is 18.9 Å². The molecule has 140 valence electrons. The summed E-state index contributed by atoms with van der Waals surface area (Å²) in [4.78, 5) is 12.6. The second kappa shape index (κ2) is 10.1. The summed E-state index contributed by atoms with van der Waals surface area (Å²) in [5.41, 5.74) is 0.941. The van der Waals surface area contributed by atoms with Gasteiger partial charge in [-0.2, -0.15) is 0 Å². The lowest BCUT2D eigenvalue weighted by molar-refractivity contribution is -0.126. The quantitative estimate of drug-likeness (QED) is 0.809. The number of carbonyl (C=O) groups excluding carboxylic acids is 1. The Bertz CT molecular complexity index is 693. The number of ether oxygens (including phenoxy) is 1. The highest BCUT2D eigenvalue weighted by molar-refractivity contribution is 5.85. The van der Waals surface area contributed by atoms with Gasteiger partial charge in [-0.05, 0) is 37.1 Å². The Morgan fingerprint density at radius 3 is 2.62 bits per heavy atom. The number of piperidine rings is 1. The first kappa shape index (κ1) is 20.2. The van der Waals surface area contributed by atoms with Gasteiger partial charge in [-0.25, -0.2) is 4.39 Å². The Morgan fingerprint density at radius 2 is 1.92 bits per heavy atom. The highest BCUT2D eigenvalue weighted by atomic mass is 35.5. The fourth-order valence-electron chi connectivity index (χ4n) is 3.01. The summed E-state index contributed by atoms with van der Waals surface area (Å²) in [7, 11) is 0. The number of halogens is 2. The predicted molar refractivity (Wildman–Crippen MR) is 102 cm³/mol. The van der Waals surface area contributed by atoms with Crippen molar-refractivity contribution in [2.24, 2.45) is 5.92 Å². The summed E-state index contributed by atoms with van der Waals surface area (Å²) in [6, 6.07) is 15.6. The standard InChI is InChI=1S/C20H23FN2O2.ClH/c21-17-10-4-5-11-19(17)25-14-18(15-7-2-1-3-8-15)23-20(24)16-9-6-12-22-13-16;/h1-5,7-8,10-11,16,18,22H,6,9,12-14H2,(H,23,24);1H. The minimum atomic E-state index is -0.405. The molecule has 4 nitrogen and oxygen atoms in total. The average molecular weight is 379 g/mol. The molecule has 6 heteroatoms. The number of rotatable bonds is 6. The van der Waals surface area contributed by atoms with E-state index in [1.807, 2.05) is 30.3 Å². The molecule has 0 aromatic heterocycles. The van der Waals surface area contributed by atoms with Crippen LogP contribution in [-0.2, 0) is 4.79 Å². The van der Waals surface area contributed by atoms with Crippen LogP contribution in [-0.4, -0.2) is 25.6 Å². The number of nitrogens with one attached hydrogen (secondary N) is 2. The van der Waals surface area contributed by atoms with Gasteiger partial charge >= 0.3 is 0 Å². The lowest BCUT2D eigenvalue weighted by Crippen LogP contribution is -2.43.